The fourth-order valence-corrected chi connectivity index (χ4v) is 1.69. The van der Waals surface area contributed by atoms with Crippen LogP contribution >= 0.6 is 0 Å². The van der Waals surface area contributed by atoms with Crippen molar-refractivity contribution in [2.45, 2.75) is 6.42 Å². The Morgan fingerprint density at radius 3 is 3.00 bits per heavy atom. The Bertz CT molecular complexity index is 426. The first-order valence-corrected chi connectivity index (χ1v) is 4.72. The molecule has 0 spiro atoms. The molecule has 0 saturated heterocycles. The fraction of sp³-hybridized carbons (Fsp3) is 0.273. The summed E-state index contributed by atoms with van der Waals surface area (Å²) in [6, 6.07) is 5.06. The van der Waals surface area contributed by atoms with Crippen LogP contribution in [0.1, 0.15) is 27.1 Å². The number of Topliss-reactive ketones (excluding diaryl/α,β-unsaturated/α-hetero) is 1. The van der Waals surface area contributed by atoms with Gasteiger partial charge in [-0.05, 0) is 12.1 Å². The number of methoxy groups -OCH3 is 1. The van der Waals surface area contributed by atoms with Crippen molar-refractivity contribution in [3.05, 3.63) is 29.3 Å². The number of ketones is 1. The van der Waals surface area contributed by atoms with E-state index < -0.39 is 5.97 Å². The molecule has 1 N–H and O–H groups in total. The molecule has 1 aromatic carbocycles. The predicted molar refractivity (Wildman–Crippen MR) is 55.2 cm³/mol. The molecule has 0 bridgehead atoms. The minimum atomic E-state index is -0.422. The zero-order chi connectivity index (χ0) is 10.8. The van der Waals surface area contributed by atoms with E-state index in [1.165, 1.54) is 7.11 Å². The van der Waals surface area contributed by atoms with Crippen molar-refractivity contribution in [3.63, 3.8) is 0 Å². The number of anilines is 1. The van der Waals surface area contributed by atoms with Gasteiger partial charge in [-0.2, -0.15) is 0 Å². The highest BCUT2D eigenvalue weighted by Gasteiger charge is 2.22. The van der Waals surface area contributed by atoms with Crippen LogP contribution in [0.4, 0.5) is 5.69 Å². The minimum absolute atomic E-state index is 0.0644. The molecule has 0 atom stereocenters. The van der Waals surface area contributed by atoms with Crippen LogP contribution in [0.5, 0.6) is 0 Å². The maximum absolute atomic E-state index is 11.6. The average Bonchev–Trinajstić information content (AvgIpc) is 2.28. The van der Waals surface area contributed by atoms with Gasteiger partial charge in [-0.25, -0.2) is 4.79 Å². The molecule has 4 nitrogen and oxygen atoms in total. The quantitative estimate of drug-likeness (QED) is 0.705. The number of benzene rings is 1. The zero-order valence-corrected chi connectivity index (χ0v) is 8.37. The molecule has 1 aliphatic rings. The van der Waals surface area contributed by atoms with E-state index in [9.17, 15) is 9.59 Å². The number of esters is 1. The lowest BCUT2D eigenvalue weighted by Crippen LogP contribution is -2.20. The molecule has 1 heterocycles. The zero-order valence-electron chi connectivity index (χ0n) is 8.37. The van der Waals surface area contributed by atoms with Gasteiger partial charge in [0.05, 0.1) is 18.4 Å². The Morgan fingerprint density at radius 2 is 2.27 bits per heavy atom. The van der Waals surface area contributed by atoms with E-state index in [1.807, 2.05) is 0 Å². The van der Waals surface area contributed by atoms with Crippen molar-refractivity contribution in [2.24, 2.45) is 0 Å². The lowest BCUT2D eigenvalue weighted by atomic mass is 9.98. The van der Waals surface area contributed by atoms with Gasteiger partial charge in [0.1, 0.15) is 0 Å². The van der Waals surface area contributed by atoms with Crippen LogP contribution in [0.3, 0.4) is 0 Å². The number of rotatable bonds is 1. The highest BCUT2D eigenvalue weighted by Crippen LogP contribution is 2.26. The van der Waals surface area contributed by atoms with E-state index >= 15 is 0 Å². The maximum Gasteiger partial charge on any atom is 0.339 e. The molecular formula is C11H11NO3. The van der Waals surface area contributed by atoms with Crippen LogP contribution < -0.4 is 5.32 Å². The molecule has 0 unspecified atom stereocenters. The molecule has 78 valence electrons. The van der Waals surface area contributed by atoms with Gasteiger partial charge < -0.3 is 10.1 Å². The van der Waals surface area contributed by atoms with Crippen LogP contribution in [0, 0.1) is 0 Å². The van der Waals surface area contributed by atoms with Crippen molar-refractivity contribution in [3.8, 4) is 0 Å². The third-order valence-electron chi connectivity index (χ3n) is 2.42. The summed E-state index contributed by atoms with van der Waals surface area (Å²) in [6.45, 7) is 0.569. The first kappa shape index (κ1) is 9.71. The van der Waals surface area contributed by atoms with E-state index in [0.29, 0.717) is 29.8 Å². The van der Waals surface area contributed by atoms with E-state index in [4.69, 9.17) is 0 Å². The number of ether oxygens (including phenoxy) is 1. The van der Waals surface area contributed by atoms with Crippen LogP contribution in [-0.2, 0) is 4.74 Å². The van der Waals surface area contributed by atoms with Gasteiger partial charge in [0.25, 0.3) is 0 Å². The molecule has 0 aromatic heterocycles. The van der Waals surface area contributed by atoms with E-state index in [0.717, 1.165) is 0 Å². The number of fused-ring (bicyclic) bond motifs is 1. The van der Waals surface area contributed by atoms with Crippen LogP contribution in [0.15, 0.2) is 18.2 Å². The topological polar surface area (TPSA) is 55.4 Å². The van der Waals surface area contributed by atoms with E-state index in [1.54, 1.807) is 18.2 Å². The highest BCUT2D eigenvalue weighted by atomic mass is 16.5. The summed E-state index contributed by atoms with van der Waals surface area (Å²) in [5.41, 5.74) is 1.59. The van der Waals surface area contributed by atoms with Gasteiger partial charge in [0, 0.05) is 18.5 Å². The summed E-state index contributed by atoms with van der Waals surface area (Å²) in [5, 5.41) is 3.06. The predicted octanol–water partition coefficient (Wildman–Crippen LogP) is 1.47. The average molecular weight is 205 g/mol. The smallest absolute Gasteiger partial charge is 0.339 e. The van der Waals surface area contributed by atoms with Crippen molar-refractivity contribution >= 4 is 17.4 Å². The second-order valence-electron chi connectivity index (χ2n) is 3.32. The standard InChI is InChI=1S/C11H11NO3/c1-15-11(14)8-4-2-3-7-9(13)5-6-12-10(7)8/h2-4,12H,5-6H2,1H3. The number of hydrogen-bond donors (Lipinski definition) is 1. The van der Waals surface area contributed by atoms with E-state index in [2.05, 4.69) is 10.1 Å². The molecular weight excluding hydrogens is 194 g/mol. The summed E-state index contributed by atoms with van der Waals surface area (Å²) < 4.78 is 4.65. The monoisotopic (exact) mass is 205 g/mol. The third-order valence-corrected chi connectivity index (χ3v) is 2.42. The van der Waals surface area contributed by atoms with Gasteiger partial charge in [-0.1, -0.05) is 6.07 Å². The Hall–Kier alpha value is -1.84. The SMILES string of the molecule is COC(=O)c1cccc2c1NCCC2=O. The van der Waals surface area contributed by atoms with Crippen LogP contribution in [-0.4, -0.2) is 25.4 Å². The maximum atomic E-state index is 11.6. The minimum Gasteiger partial charge on any atom is -0.465 e. The summed E-state index contributed by atoms with van der Waals surface area (Å²) in [4.78, 5) is 23.0. The van der Waals surface area contributed by atoms with Crippen LogP contribution in [0.25, 0.3) is 0 Å². The fourth-order valence-electron chi connectivity index (χ4n) is 1.69. The van der Waals surface area contributed by atoms with Gasteiger partial charge >= 0.3 is 5.97 Å². The largest absolute Gasteiger partial charge is 0.465 e. The van der Waals surface area contributed by atoms with Crippen molar-refractivity contribution in [1.82, 2.24) is 0 Å². The normalized spacial score (nSPS) is 14.1. The molecule has 15 heavy (non-hydrogen) atoms. The molecule has 0 saturated carbocycles. The number of nitrogens with one attached hydrogen (secondary N) is 1. The van der Waals surface area contributed by atoms with Crippen molar-refractivity contribution < 1.29 is 14.3 Å². The Morgan fingerprint density at radius 1 is 1.47 bits per heavy atom. The lowest BCUT2D eigenvalue weighted by Gasteiger charge is -2.19. The Kier molecular flexibility index (Phi) is 2.41. The van der Waals surface area contributed by atoms with Gasteiger partial charge in [0.2, 0.25) is 0 Å². The van der Waals surface area contributed by atoms with E-state index in [-0.39, 0.29) is 5.78 Å². The molecule has 1 aromatic rings. The number of hydrogen-bond acceptors (Lipinski definition) is 4. The summed E-state index contributed by atoms with van der Waals surface area (Å²) >= 11 is 0. The molecule has 4 heteroatoms. The summed E-state index contributed by atoms with van der Waals surface area (Å²) in [6.07, 6.45) is 0.470. The Balaban J connectivity index is 2.54. The van der Waals surface area contributed by atoms with Gasteiger partial charge in [-0.3, -0.25) is 4.79 Å². The molecule has 2 rings (SSSR count). The number of carbonyl (C=O) groups is 2. The lowest BCUT2D eigenvalue weighted by molar-refractivity contribution is 0.0602. The highest BCUT2D eigenvalue weighted by molar-refractivity contribution is 6.08. The Labute approximate surface area is 87.2 Å². The van der Waals surface area contributed by atoms with Crippen molar-refractivity contribution in [1.29, 1.82) is 0 Å². The molecule has 0 fully saturated rings. The van der Waals surface area contributed by atoms with Gasteiger partial charge in [0.15, 0.2) is 5.78 Å². The third kappa shape index (κ3) is 1.58. The molecule has 1 aliphatic heterocycles. The molecule has 0 aliphatic carbocycles. The molecule has 0 amide bonds. The summed E-state index contributed by atoms with van der Waals surface area (Å²) in [5.74, 6) is -0.358. The number of carbonyl (C=O) groups excluding carboxylic acids is 2. The first-order chi connectivity index (χ1) is 7.24. The van der Waals surface area contributed by atoms with Crippen molar-refractivity contribution in [2.75, 3.05) is 19.0 Å². The second kappa shape index (κ2) is 3.73. The van der Waals surface area contributed by atoms with Gasteiger partial charge in [-0.15, -0.1) is 0 Å². The second-order valence-corrected chi connectivity index (χ2v) is 3.32. The first-order valence-electron chi connectivity index (χ1n) is 4.72. The number of para-hydroxylation sites is 1. The summed E-state index contributed by atoms with van der Waals surface area (Å²) in [7, 11) is 1.33. The van der Waals surface area contributed by atoms with Crippen LogP contribution in [0.2, 0.25) is 0 Å². The molecule has 0 radical (unpaired) electrons.